The minimum absolute atomic E-state index is 0.0862. The van der Waals surface area contributed by atoms with E-state index >= 15 is 0 Å². The third kappa shape index (κ3) is 7.01. The van der Waals surface area contributed by atoms with E-state index in [1.165, 1.54) is 43.4 Å². The lowest BCUT2D eigenvalue weighted by Gasteiger charge is -2.23. The van der Waals surface area contributed by atoms with E-state index in [9.17, 15) is 9.59 Å². The van der Waals surface area contributed by atoms with E-state index in [1.807, 2.05) is 18.2 Å². The van der Waals surface area contributed by atoms with Crippen molar-refractivity contribution in [1.82, 2.24) is 15.1 Å². The third-order valence-corrected chi connectivity index (χ3v) is 6.72. The minimum atomic E-state index is -0.421. The van der Waals surface area contributed by atoms with Gasteiger partial charge in [0.25, 0.3) is 0 Å². The van der Waals surface area contributed by atoms with Gasteiger partial charge in [-0.05, 0) is 31.4 Å². The maximum Gasteiger partial charge on any atom is 0.249 e. The number of halogens is 1. The number of benzene rings is 1. The summed E-state index contributed by atoms with van der Waals surface area (Å²) in [5.74, 6) is -0.0951. The molecule has 2 amide bonds. The van der Waals surface area contributed by atoms with Crippen LogP contribution in [0.1, 0.15) is 71.1 Å². The smallest absolute Gasteiger partial charge is 0.249 e. The van der Waals surface area contributed by atoms with Crippen molar-refractivity contribution < 1.29 is 9.59 Å². The van der Waals surface area contributed by atoms with Crippen molar-refractivity contribution in [3.05, 3.63) is 29.3 Å². The molecule has 8 heteroatoms. The van der Waals surface area contributed by atoms with Crippen LogP contribution in [0, 0.1) is 0 Å². The molecule has 2 heterocycles. The largest absolute Gasteiger partial charge is 0.331 e. The molecular formula is C23H31ClN4O2S. The Kier molecular flexibility index (Phi) is 9.28. The first-order valence-corrected chi connectivity index (χ1v) is 12.5. The number of nitrogens with zero attached hydrogens (tertiary/aromatic N) is 3. The van der Waals surface area contributed by atoms with Gasteiger partial charge >= 0.3 is 0 Å². The molecule has 1 saturated heterocycles. The zero-order valence-corrected chi connectivity index (χ0v) is 19.7. The van der Waals surface area contributed by atoms with Crippen molar-refractivity contribution in [3.63, 3.8) is 0 Å². The zero-order chi connectivity index (χ0) is 22.1. The lowest BCUT2D eigenvalue weighted by molar-refractivity contribution is -0.136. The van der Waals surface area contributed by atoms with Gasteiger partial charge in [-0.25, -0.2) is 0 Å². The van der Waals surface area contributed by atoms with Crippen LogP contribution in [0.2, 0.25) is 5.02 Å². The Labute approximate surface area is 193 Å². The number of unbranched alkanes of at least 4 members (excludes halogenated alkanes) is 6. The average Bonchev–Trinajstić information content (AvgIpc) is 3.43. The van der Waals surface area contributed by atoms with Gasteiger partial charge in [0.05, 0.1) is 0 Å². The van der Waals surface area contributed by atoms with Crippen LogP contribution in [0.15, 0.2) is 24.3 Å². The number of carbonyl (C=O) groups is 2. The summed E-state index contributed by atoms with van der Waals surface area (Å²) >= 11 is 7.34. The summed E-state index contributed by atoms with van der Waals surface area (Å²) in [4.78, 5) is 27.2. The van der Waals surface area contributed by atoms with Crippen molar-refractivity contribution in [2.24, 2.45) is 0 Å². The Morgan fingerprint density at radius 3 is 2.71 bits per heavy atom. The molecular weight excluding hydrogens is 432 g/mol. The van der Waals surface area contributed by atoms with Crippen LogP contribution in [-0.2, 0) is 9.59 Å². The Morgan fingerprint density at radius 2 is 1.94 bits per heavy atom. The summed E-state index contributed by atoms with van der Waals surface area (Å²) in [6, 6.07) is 6.95. The van der Waals surface area contributed by atoms with Crippen molar-refractivity contribution in [2.75, 3.05) is 11.9 Å². The number of rotatable bonds is 11. The lowest BCUT2D eigenvalue weighted by Crippen LogP contribution is -2.43. The molecule has 2 aromatic rings. The molecule has 31 heavy (non-hydrogen) atoms. The van der Waals surface area contributed by atoms with E-state index in [0.29, 0.717) is 34.5 Å². The van der Waals surface area contributed by atoms with Gasteiger partial charge in [-0.3, -0.25) is 14.9 Å². The summed E-state index contributed by atoms with van der Waals surface area (Å²) in [5.41, 5.74) is 0.859. The highest BCUT2D eigenvalue weighted by Gasteiger charge is 2.34. The number of hydrogen-bond donors (Lipinski definition) is 1. The highest BCUT2D eigenvalue weighted by molar-refractivity contribution is 7.18. The van der Waals surface area contributed by atoms with E-state index in [-0.39, 0.29) is 11.8 Å². The van der Waals surface area contributed by atoms with E-state index in [0.717, 1.165) is 24.8 Å². The lowest BCUT2D eigenvalue weighted by atomic mass is 10.1. The van der Waals surface area contributed by atoms with Gasteiger partial charge in [-0.2, -0.15) is 0 Å². The van der Waals surface area contributed by atoms with E-state index in [4.69, 9.17) is 11.6 Å². The first-order chi connectivity index (χ1) is 15.1. The van der Waals surface area contributed by atoms with Crippen LogP contribution >= 0.6 is 22.9 Å². The SMILES string of the molecule is CCCCCCCCCC(=O)N1CCC[C@@H]1C(=O)Nc1nnc(-c2cccc(Cl)c2)s1. The Balaban J connectivity index is 1.48. The van der Waals surface area contributed by atoms with Crippen LogP contribution < -0.4 is 5.32 Å². The fourth-order valence-corrected chi connectivity index (χ4v) is 4.85. The predicted molar refractivity (Wildman–Crippen MR) is 126 cm³/mol. The van der Waals surface area contributed by atoms with Gasteiger partial charge in [-0.1, -0.05) is 80.5 Å². The topological polar surface area (TPSA) is 75.2 Å². The quantitative estimate of drug-likeness (QED) is 0.420. The second-order valence-corrected chi connectivity index (χ2v) is 9.44. The van der Waals surface area contributed by atoms with Crippen molar-refractivity contribution >= 4 is 39.9 Å². The normalized spacial score (nSPS) is 15.9. The molecule has 1 aromatic heterocycles. The highest BCUT2D eigenvalue weighted by Crippen LogP contribution is 2.29. The monoisotopic (exact) mass is 462 g/mol. The summed E-state index contributed by atoms with van der Waals surface area (Å²) in [6.45, 7) is 2.86. The Bertz CT molecular complexity index is 873. The number of likely N-dealkylation sites (tertiary alicyclic amines) is 1. The van der Waals surface area contributed by atoms with Crippen molar-refractivity contribution in [2.45, 2.75) is 77.2 Å². The van der Waals surface area contributed by atoms with Crippen LogP contribution in [0.4, 0.5) is 5.13 Å². The molecule has 168 valence electrons. The second-order valence-electron chi connectivity index (χ2n) is 8.03. The molecule has 0 spiro atoms. The van der Waals surface area contributed by atoms with Crippen LogP contribution in [0.5, 0.6) is 0 Å². The molecule has 0 unspecified atom stereocenters. The van der Waals surface area contributed by atoms with Gasteiger partial charge in [-0.15, -0.1) is 10.2 Å². The average molecular weight is 463 g/mol. The van der Waals surface area contributed by atoms with Crippen LogP contribution in [0.3, 0.4) is 0 Å². The summed E-state index contributed by atoms with van der Waals surface area (Å²) in [5, 5.41) is 12.8. The molecule has 6 nitrogen and oxygen atoms in total. The summed E-state index contributed by atoms with van der Waals surface area (Å²) in [6.07, 6.45) is 10.3. The van der Waals surface area contributed by atoms with Crippen molar-refractivity contribution in [1.29, 1.82) is 0 Å². The molecule has 0 aliphatic carbocycles. The fourth-order valence-electron chi connectivity index (χ4n) is 3.92. The predicted octanol–water partition coefficient (Wildman–Crippen LogP) is 5.93. The van der Waals surface area contributed by atoms with Gasteiger partial charge in [0.1, 0.15) is 11.0 Å². The highest BCUT2D eigenvalue weighted by atomic mass is 35.5. The van der Waals surface area contributed by atoms with Gasteiger partial charge in [0.2, 0.25) is 16.9 Å². The Hall–Kier alpha value is -1.99. The van der Waals surface area contributed by atoms with Gasteiger partial charge in [0, 0.05) is 23.6 Å². The zero-order valence-electron chi connectivity index (χ0n) is 18.1. The van der Waals surface area contributed by atoms with Crippen molar-refractivity contribution in [3.8, 4) is 10.6 Å². The Morgan fingerprint density at radius 1 is 1.16 bits per heavy atom. The van der Waals surface area contributed by atoms with E-state index < -0.39 is 6.04 Å². The summed E-state index contributed by atoms with van der Waals surface area (Å²) in [7, 11) is 0. The molecule has 3 rings (SSSR count). The third-order valence-electron chi connectivity index (χ3n) is 5.60. The molecule has 0 saturated carbocycles. The standard InChI is InChI=1S/C23H31ClN4O2S/c1-2-3-4-5-6-7-8-14-20(29)28-15-10-13-19(28)21(30)25-23-27-26-22(31-23)17-11-9-12-18(24)16-17/h9,11-12,16,19H,2-8,10,13-15H2,1H3,(H,25,27,30)/t19-/m1/s1. The molecule has 1 aliphatic rings. The number of anilines is 1. The first kappa shape index (κ1) is 23.7. The van der Waals surface area contributed by atoms with Gasteiger partial charge in [0.15, 0.2) is 0 Å². The number of nitrogens with one attached hydrogen (secondary N) is 1. The number of carbonyl (C=O) groups excluding carboxylic acids is 2. The first-order valence-electron chi connectivity index (χ1n) is 11.3. The van der Waals surface area contributed by atoms with Gasteiger partial charge < -0.3 is 4.90 Å². The van der Waals surface area contributed by atoms with E-state index in [1.54, 1.807) is 11.0 Å². The molecule has 1 atom stereocenters. The summed E-state index contributed by atoms with van der Waals surface area (Å²) < 4.78 is 0. The molecule has 0 radical (unpaired) electrons. The number of hydrogen-bond acceptors (Lipinski definition) is 5. The van der Waals surface area contributed by atoms with Crippen LogP contribution in [-0.4, -0.2) is 39.5 Å². The molecule has 1 aromatic carbocycles. The fraction of sp³-hybridized carbons (Fsp3) is 0.565. The minimum Gasteiger partial charge on any atom is -0.331 e. The number of amides is 2. The maximum absolute atomic E-state index is 12.8. The molecule has 0 bridgehead atoms. The molecule has 1 N–H and O–H groups in total. The maximum atomic E-state index is 12.8. The molecule has 1 aliphatic heterocycles. The van der Waals surface area contributed by atoms with Crippen LogP contribution in [0.25, 0.3) is 10.6 Å². The second kappa shape index (κ2) is 12.2. The molecule has 1 fully saturated rings. The van der Waals surface area contributed by atoms with E-state index in [2.05, 4.69) is 22.4 Å². The number of aromatic nitrogens is 2.